The number of aromatic nitrogens is 2. The fraction of sp³-hybridized carbons (Fsp3) is 0.692. The van der Waals surface area contributed by atoms with E-state index in [1.54, 1.807) is 6.20 Å². The Bertz CT molecular complexity index is 351. The summed E-state index contributed by atoms with van der Waals surface area (Å²) in [6.45, 7) is 6.65. The van der Waals surface area contributed by atoms with Gasteiger partial charge in [0.15, 0.2) is 0 Å². The van der Waals surface area contributed by atoms with Gasteiger partial charge in [0.1, 0.15) is 5.82 Å². The smallest absolute Gasteiger partial charge is 0.145 e. The van der Waals surface area contributed by atoms with Crippen molar-refractivity contribution in [1.29, 1.82) is 0 Å². The topological polar surface area (TPSA) is 37.8 Å². The molecule has 1 aromatic heterocycles. The van der Waals surface area contributed by atoms with Crippen LogP contribution in [0, 0.1) is 18.8 Å². The number of hydrogen-bond donors (Lipinski definition) is 1. The molecule has 0 saturated heterocycles. The van der Waals surface area contributed by atoms with Gasteiger partial charge in [-0.05, 0) is 38.0 Å². The van der Waals surface area contributed by atoms with E-state index in [9.17, 15) is 0 Å². The molecule has 0 aromatic carbocycles. The molecule has 3 nitrogen and oxygen atoms in total. The SMILES string of the molecule is Cc1cncc(NC2CCC(C)CC2C)n1. The van der Waals surface area contributed by atoms with Crippen molar-refractivity contribution in [3.63, 3.8) is 0 Å². The monoisotopic (exact) mass is 219 g/mol. The lowest BCUT2D eigenvalue weighted by Gasteiger charge is -2.33. The van der Waals surface area contributed by atoms with Gasteiger partial charge in [0.2, 0.25) is 0 Å². The Kier molecular flexibility index (Phi) is 3.42. The van der Waals surface area contributed by atoms with Gasteiger partial charge in [-0.3, -0.25) is 4.98 Å². The first-order chi connectivity index (χ1) is 7.65. The first kappa shape index (κ1) is 11.4. The normalized spacial score (nSPS) is 30.1. The molecule has 16 heavy (non-hydrogen) atoms. The van der Waals surface area contributed by atoms with E-state index in [4.69, 9.17) is 0 Å². The summed E-state index contributed by atoms with van der Waals surface area (Å²) in [5, 5.41) is 3.52. The zero-order valence-corrected chi connectivity index (χ0v) is 10.4. The molecule has 1 aromatic rings. The van der Waals surface area contributed by atoms with Gasteiger partial charge in [0.05, 0.1) is 11.9 Å². The first-order valence-electron chi connectivity index (χ1n) is 6.20. The summed E-state index contributed by atoms with van der Waals surface area (Å²) in [6, 6.07) is 0.562. The molecule has 3 atom stereocenters. The molecule has 88 valence electrons. The highest BCUT2D eigenvalue weighted by molar-refractivity contribution is 5.33. The van der Waals surface area contributed by atoms with Crippen LogP contribution in [0.25, 0.3) is 0 Å². The molecule has 0 spiro atoms. The maximum absolute atomic E-state index is 4.45. The Morgan fingerprint density at radius 2 is 2.06 bits per heavy atom. The zero-order chi connectivity index (χ0) is 11.5. The molecule has 0 radical (unpaired) electrons. The highest BCUT2D eigenvalue weighted by Gasteiger charge is 2.25. The van der Waals surface area contributed by atoms with Gasteiger partial charge < -0.3 is 5.32 Å². The summed E-state index contributed by atoms with van der Waals surface area (Å²) in [5.41, 5.74) is 0.974. The van der Waals surface area contributed by atoms with E-state index in [0.717, 1.165) is 23.3 Å². The third kappa shape index (κ3) is 2.71. The van der Waals surface area contributed by atoms with Crippen LogP contribution in [0.1, 0.15) is 38.8 Å². The van der Waals surface area contributed by atoms with E-state index >= 15 is 0 Å². The Hall–Kier alpha value is -1.12. The minimum absolute atomic E-state index is 0.562. The number of nitrogens with zero attached hydrogens (tertiary/aromatic N) is 2. The van der Waals surface area contributed by atoms with Crippen LogP contribution in [-0.2, 0) is 0 Å². The molecule has 1 heterocycles. The predicted molar refractivity (Wildman–Crippen MR) is 66.4 cm³/mol. The molecule has 1 saturated carbocycles. The highest BCUT2D eigenvalue weighted by Crippen LogP contribution is 2.30. The van der Waals surface area contributed by atoms with E-state index in [1.807, 2.05) is 13.1 Å². The molecule has 2 rings (SSSR count). The van der Waals surface area contributed by atoms with Crippen molar-refractivity contribution >= 4 is 5.82 Å². The summed E-state index contributed by atoms with van der Waals surface area (Å²) >= 11 is 0. The quantitative estimate of drug-likeness (QED) is 0.830. The highest BCUT2D eigenvalue weighted by atomic mass is 15.0. The van der Waals surface area contributed by atoms with Crippen molar-refractivity contribution in [2.75, 3.05) is 5.32 Å². The van der Waals surface area contributed by atoms with Gasteiger partial charge in [-0.15, -0.1) is 0 Å². The van der Waals surface area contributed by atoms with Crippen LogP contribution in [0.3, 0.4) is 0 Å². The van der Waals surface area contributed by atoms with Crippen LogP contribution in [0.2, 0.25) is 0 Å². The summed E-state index contributed by atoms with van der Waals surface area (Å²) in [7, 11) is 0. The Morgan fingerprint density at radius 1 is 1.25 bits per heavy atom. The van der Waals surface area contributed by atoms with Crippen LogP contribution in [0.4, 0.5) is 5.82 Å². The van der Waals surface area contributed by atoms with Crippen LogP contribution in [0.15, 0.2) is 12.4 Å². The minimum atomic E-state index is 0.562. The van der Waals surface area contributed by atoms with Crippen molar-refractivity contribution in [3.05, 3.63) is 18.1 Å². The van der Waals surface area contributed by atoms with Gasteiger partial charge in [-0.2, -0.15) is 0 Å². The minimum Gasteiger partial charge on any atom is -0.366 e. The third-order valence-electron chi connectivity index (χ3n) is 3.52. The van der Waals surface area contributed by atoms with Gasteiger partial charge in [0.25, 0.3) is 0 Å². The van der Waals surface area contributed by atoms with Crippen molar-refractivity contribution in [3.8, 4) is 0 Å². The molecule has 0 aliphatic heterocycles. The van der Waals surface area contributed by atoms with E-state index in [0.29, 0.717) is 6.04 Å². The lowest BCUT2D eigenvalue weighted by atomic mass is 9.80. The van der Waals surface area contributed by atoms with Gasteiger partial charge in [-0.1, -0.05) is 13.8 Å². The fourth-order valence-electron chi connectivity index (χ4n) is 2.60. The maximum atomic E-state index is 4.45. The molecule has 0 bridgehead atoms. The Morgan fingerprint density at radius 3 is 2.75 bits per heavy atom. The number of hydrogen-bond acceptors (Lipinski definition) is 3. The largest absolute Gasteiger partial charge is 0.366 e. The second-order valence-electron chi connectivity index (χ2n) is 5.19. The summed E-state index contributed by atoms with van der Waals surface area (Å²) < 4.78 is 0. The number of nitrogens with one attached hydrogen (secondary N) is 1. The molecule has 3 unspecified atom stereocenters. The van der Waals surface area contributed by atoms with E-state index in [-0.39, 0.29) is 0 Å². The second kappa shape index (κ2) is 4.81. The lowest BCUT2D eigenvalue weighted by Crippen LogP contribution is -2.33. The van der Waals surface area contributed by atoms with Gasteiger partial charge in [-0.25, -0.2) is 4.98 Å². The van der Waals surface area contributed by atoms with Gasteiger partial charge >= 0.3 is 0 Å². The fourth-order valence-corrected chi connectivity index (χ4v) is 2.60. The average Bonchev–Trinajstić information content (AvgIpc) is 2.22. The summed E-state index contributed by atoms with van der Waals surface area (Å²) in [5.74, 6) is 2.52. The van der Waals surface area contributed by atoms with Crippen molar-refractivity contribution < 1.29 is 0 Å². The molecular weight excluding hydrogens is 198 g/mol. The maximum Gasteiger partial charge on any atom is 0.145 e. The zero-order valence-electron chi connectivity index (χ0n) is 10.4. The molecular formula is C13H21N3. The van der Waals surface area contributed by atoms with E-state index in [2.05, 4.69) is 29.1 Å². The second-order valence-corrected chi connectivity index (χ2v) is 5.19. The van der Waals surface area contributed by atoms with E-state index in [1.165, 1.54) is 19.3 Å². The molecule has 1 aliphatic carbocycles. The lowest BCUT2D eigenvalue weighted by molar-refractivity contribution is 0.276. The number of aryl methyl sites for hydroxylation is 1. The van der Waals surface area contributed by atoms with Crippen molar-refractivity contribution in [2.45, 2.75) is 46.1 Å². The predicted octanol–water partition coefficient (Wildman–Crippen LogP) is 3.02. The van der Waals surface area contributed by atoms with Crippen LogP contribution < -0.4 is 5.32 Å². The Labute approximate surface area is 97.7 Å². The van der Waals surface area contributed by atoms with Crippen LogP contribution in [-0.4, -0.2) is 16.0 Å². The Balaban J connectivity index is 1.99. The standard InChI is InChI=1S/C13H21N3/c1-9-4-5-12(10(2)6-9)16-13-8-14-7-11(3)15-13/h7-10,12H,4-6H2,1-3H3,(H,15,16). The molecule has 1 aliphatic rings. The van der Waals surface area contributed by atoms with E-state index < -0.39 is 0 Å². The average molecular weight is 219 g/mol. The first-order valence-corrected chi connectivity index (χ1v) is 6.20. The van der Waals surface area contributed by atoms with Crippen molar-refractivity contribution in [2.24, 2.45) is 11.8 Å². The third-order valence-corrected chi connectivity index (χ3v) is 3.52. The summed E-state index contributed by atoms with van der Waals surface area (Å²) in [4.78, 5) is 8.61. The van der Waals surface area contributed by atoms with Crippen LogP contribution in [0.5, 0.6) is 0 Å². The molecule has 1 fully saturated rings. The van der Waals surface area contributed by atoms with Crippen LogP contribution >= 0.6 is 0 Å². The molecule has 0 amide bonds. The van der Waals surface area contributed by atoms with Gasteiger partial charge in [0, 0.05) is 12.2 Å². The summed E-state index contributed by atoms with van der Waals surface area (Å²) in [6.07, 6.45) is 7.49. The number of rotatable bonds is 2. The number of anilines is 1. The molecule has 1 N–H and O–H groups in total. The molecule has 3 heteroatoms. The van der Waals surface area contributed by atoms with Crippen molar-refractivity contribution in [1.82, 2.24) is 9.97 Å².